The van der Waals surface area contributed by atoms with Crippen LogP contribution in [0.2, 0.25) is 0 Å². The lowest BCUT2D eigenvalue weighted by Gasteiger charge is -2.22. The zero-order chi connectivity index (χ0) is 26.3. The first kappa shape index (κ1) is 26.1. The highest BCUT2D eigenvalue weighted by Crippen LogP contribution is 2.60. The highest BCUT2D eigenvalue weighted by Gasteiger charge is 2.50. The topological polar surface area (TPSA) is 113 Å². The highest BCUT2D eigenvalue weighted by atomic mass is 31.2. The molecule has 0 spiro atoms. The first-order chi connectivity index (χ1) is 18.1. The van der Waals surface area contributed by atoms with E-state index in [1.807, 2.05) is 91.0 Å². The molecule has 0 N–H and O–H groups in total. The molecule has 0 aliphatic carbocycles. The Morgan fingerprint density at radius 3 is 1.70 bits per heavy atom. The molecule has 7 nitrogen and oxygen atoms in total. The summed E-state index contributed by atoms with van der Waals surface area (Å²) in [5, 5.41) is 38.2. The molecular weight excluding hydrogens is 504 g/mol. The van der Waals surface area contributed by atoms with E-state index >= 15 is 0 Å². The van der Waals surface area contributed by atoms with Gasteiger partial charge >= 0.3 is 0 Å². The Morgan fingerprint density at radius 1 is 0.838 bits per heavy atom. The first-order valence-electron chi connectivity index (χ1n) is 11.5. The second-order valence-corrected chi connectivity index (χ2v) is 12.8. The van der Waals surface area contributed by atoms with Crippen molar-refractivity contribution in [2.45, 2.75) is 6.42 Å². The van der Waals surface area contributed by atoms with Crippen molar-refractivity contribution >= 4 is 36.9 Å². The van der Waals surface area contributed by atoms with Gasteiger partial charge in [0.1, 0.15) is 33.6 Å². The number of amidine groups is 1. The minimum atomic E-state index is -2.76. The third-order valence-corrected chi connectivity index (χ3v) is 11.4. The molecule has 3 aromatic rings. The van der Waals surface area contributed by atoms with Crippen LogP contribution in [0.25, 0.3) is 0 Å². The average molecular weight is 529 g/mol. The average Bonchev–Trinajstić information content (AvgIpc) is 3.33. The molecule has 1 heterocycles. The first-order valence-corrected chi connectivity index (χ1v) is 14.7. The van der Waals surface area contributed by atoms with Crippen LogP contribution >= 0.6 is 15.1 Å². The summed E-state index contributed by atoms with van der Waals surface area (Å²) in [5.74, 6) is -1.22. The van der Waals surface area contributed by atoms with E-state index in [-0.39, 0.29) is 23.1 Å². The zero-order valence-corrected chi connectivity index (χ0v) is 22.2. The minimum absolute atomic E-state index is 0.00516. The maximum atomic E-state index is 13.1. The van der Waals surface area contributed by atoms with Crippen molar-refractivity contribution in [3.05, 3.63) is 114 Å². The molecule has 1 aliphatic heterocycles. The Labute approximate surface area is 217 Å². The van der Waals surface area contributed by atoms with E-state index in [1.165, 1.54) is 14.2 Å². The molecule has 0 aromatic heterocycles. The van der Waals surface area contributed by atoms with Crippen molar-refractivity contribution in [2.75, 3.05) is 20.4 Å². The van der Waals surface area contributed by atoms with Crippen molar-refractivity contribution in [2.24, 2.45) is 9.51 Å². The van der Waals surface area contributed by atoms with Crippen LogP contribution in [0.1, 0.15) is 6.42 Å². The van der Waals surface area contributed by atoms with E-state index in [2.05, 4.69) is 6.07 Å². The molecule has 0 saturated carbocycles. The molecule has 1 aliphatic rings. The van der Waals surface area contributed by atoms with Gasteiger partial charge < -0.3 is 19.7 Å². The molecule has 4 rings (SSSR count). The molecule has 3 aromatic carbocycles. The lowest BCUT2D eigenvalue weighted by molar-refractivity contribution is -0.358. The van der Waals surface area contributed by atoms with Crippen molar-refractivity contribution in [3.63, 3.8) is 0 Å². The van der Waals surface area contributed by atoms with E-state index in [0.29, 0.717) is 6.16 Å². The standard InChI is InChI=1S/C28H25N3O4P2/c1-34-27(32)24-25(28(33)35-2)36(20-12-19-29)30-26(24)31-37(21-13-6-3-7-14-21,22-15-8-4-9-16-22)23-17-10-5-11-18-23/h3-11,13-18H,12,20H2,1-2H3. The third kappa shape index (κ3) is 5.13. The van der Waals surface area contributed by atoms with Crippen molar-refractivity contribution in [3.8, 4) is 6.07 Å². The molecule has 37 heavy (non-hydrogen) atoms. The smallest absolute Gasteiger partial charge is 0.250 e. The Morgan fingerprint density at radius 2 is 1.30 bits per heavy atom. The SMILES string of the molecule is CO/C([O-])=C1C(=C(\[O-])OC)/C(=N\[P+](c2ccccc2)(c2ccccc2)c2ccccc2)N=[P+]/1CCC#N. The minimum Gasteiger partial charge on any atom is -0.616 e. The van der Waals surface area contributed by atoms with Crippen molar-refractivity contribution < 1.29 is 19.7 Å². The molecular formula is C28H25N3O4P2. The molecule has 0 amide bonds. The Hall–Kier alpha value is -3.97. The van der Waals surface area contributed by atoms with Gasteiger partial charge in [-0.2, -0.15) is 5.26 Å². The van der Waals surface area contributed by atoms with E-state index in [4.69, 9.17) is 19.0 Å². The number of hydrogen-bond donors (Lipinski definition) is 0. The molecule has 0 saturated heterocycles. The van der Waals surface area contributed by atoms with Crippen LogP contribution in [-0.2, 0) is 9.47 Å². The molecule has 1 atom stereocenters. The third-order valence-electron chi connectivity index (χ3n) is 5.77. The number of ether oxygens (including phenoxy) is 2. The van der Waals surface area contributed by atoms with Crippen LogP contribution in [0, 0.1) is 11.3 Å². The summed E-state index contributed by atoms with van der Waals surface area (Å²) < 4.78 is 20.2. The van der Waals surface area contributed by atoms with E-state index in [0.717, 1.165) is 15.9 Å². The fourth-order valence-electron chi connectivity index (χ4n) is 4.12. The van der Waals surface area contributed by atoms with Gasteiger partial charge in [-0.1, -0.05) is 59.4 Å². The lowest BCUT2D eigenvalue weighted by atomic mass is 10.2. The summed E-state index contributed by atoms with van der Waals surface area (Å²) in [6, 6.07) is 31.8. The molecule has 9 heteroatoms. The van der Waals surface area contributed by atoms with Gasteiger partial charge in [-0.15, -0.1) is 0 Å². The largest absolute Gasteiger partial charge is 0.616 e. The predicted molar refractivity (Wildman–Crippen MR) is 145 cm³/mol. The number of hydrogen-bond acceptors (Lipinski definition) is 6. The van der Waals surface area contributed by atoms with E-state index in [9.17, 15) is 15.5 Å². The quantitative estimate of drug-likeness (QED) is 0.328. The predicted octanol–water partition coefficient (Wildman–Crippen LogP) is 3.28. The number of rotatable bonds is 8. The fourth-order valence-corrected chi connectivity index (χ4v) is 9.54. The Balaban J connectivity index is 2.13. The molecule has 0 radical (unpaired) electrons. The number of nitriles is 1. The monoisotopic (exact) mass is 529 g/mol. The summed E-state index contributed by atoms with van der Waals surface area (Å²) in [5.41, 5.74) is 0.00516. The second-order valence-electron chi connectivity index (χ2n) is 7.90. The highest BCUT2D eigenvalue weighted by molar-refractivity contribution is 7.94. The summed E-state index contributed by atoms with van der Waals surface area (Å²) in [7, 11) is -1.79. The van der Waals surface area contributed by atoms with Gasteiger partial charge in [0.05, 0.1) is 18.4 Å². The normalized spacial score (nSPS) is 18.1. The molecule has 1 unspecified atom stereocenters. The van der Waals surface area contributed by atoms with Crippen LogP contribution in [0.5, 0.6) is 0 Å². The van der Waals surface area contributed by atoms with Gasteiger partial charge in [0.15, 0.2) is 0 Å². The van der Waals surface area contributed by atoms with Crippen LogP contribution in [-0.4, -0.2) is 26.2 Å². The maximum absolute atomic E-state index is 13.1. The zero-order valence-electron chi connectivity index (χ0n) is 20.4. The van der Waals surface area contributed by atoms with Gasteiger partial charge in [-0.05, 0) is 55.4 Å². The maximum Gasteiger partial charge on any atom is 0.250 e. The molecule has 0 fully saturated rings. The number of nitrogens with zero attached hydrogens (tertiary/aromatic N) is 3. The van der Waals surface area contributed by atoms with Gasteiger partial charge in [0, 0.05) is 0 Å². The second kappa shape index (κ2) is 11.8. The summed E-state index contributed by atoms with van der Waals surface area (Å²) in [4.78, 5) is 0. The summed E-state index contributed by atoms with van der Waals surface area (Å²) in [6.45, 7) is 0. The van der Waals surface area contributed by atoms with E-state index < -0.39 is 27.0 Å². The Bertz CT molecular complexity index is 1320. The number of benzene rings is 3. The van der Waals surface area contributed by atoms with Crippen LogP contribution < -0.4 is 26.1 Å². The van der Waals surface area contributed by atoms with Crippen molar-refractivity contribution in [1.82, 2.24) is 0 Å². The number of methoxy groups -OCH3 is 2. The van der Waals surface area contributed by atoms with Crippen molar-refractivity contribution in [1.29, 1.82) is 5.26 Å². The summed E-state index contributed by atoms with van der Waals surface area (Å²) in [6.07, 6.45) is 0.483. The van der Waals surface area contributed by atoms with Crippen LogP contribution in [0.3, 0.4) is 0 Å². The van der Waals surface area contributed by atoms with Gasteiger partial charge in [-0.3, -0.25) is 0 Å². The van der Waals surface area contributed by atoms with Gasteiger partial charge in [0.25, 0.3) is 0 Å². The van der Waals surface area contributed by atoms with Gasteiger partial charge in [-0.25, -0.2) is 0 Å². The molecule has 186 valence electrons. The Kier molecular flexibility index (Phi) is 8.36. The molecule has 0 bridgehead atoms. The van der Waals surface area contributed by atoms with Gasteiger partial charge in [0.2, 0.25) is 26.3 Å². The van der Waals surface area contributed by atoms with E-state index in [1.54, 1.807) is 0 Å². The summed E-state index contributed by atoms with van der Waals surface area (Å²) >= 11 is 0. The van der Waals surface area contributed by atoms with Crippen LogP contribution in [0.15, 0.2) is 123 Å². The van der Waals surface area contributed by atoms with Crippen LogP contribution in [0.4, 0.5) is 0 Å². The fraction of sp³-hybridized carbons (Fsp3) is 0.143. The lowest BCUT2D eigenvalue weighted by Crippen LogP contribution is -2.30.